The number of ether oxygens (including phenoxy) is 1. The van der Waals surface area contributed by atoms with E-state index in [1.54, 1.807) is 17.1 Å². The molecule has 1 amide bonds. The van der Waals surface area contributed by atoms with Crippen molar-refractivity contribution in [3.63, 3.8) is 0 Å². The minimum atomic E-state index is -0.139. The number of aromatic nitrogens is 2. The van der Waals surface area contributed by atoms with Gasteiger partial charge in [0.05, 0.1) is 30.1 Å². The smallest absolute Gasteiger partial charge is 0.254 e. The Morgan fingerprint density at radius 3 is 2.92 bits per heavy atom. The van der Waals surface area contributed by atoms with E-state index in [1.165, 1.54) is 0 Å². The predicted molar refractivity (Wildman–Crippen MR) is 98.0 cm³/mol. The van der Waals surface area contributed by atoms with E-state index in [4.69, 9.17) is 4.74 Å². The summed E-state index contributed by atoms with van der Waals surface area (Å²) in [4.78, 5) is 12.6. The molecule has 0 saturated heterocycles. The molecular weight excluding hydrogens is 382 g/mol. The van der Waals surface area contributed by atoms with Crippen LogP contribution in [0.25, 0.3) is 5.69 Å². The Bertz CT molecular complexity index is 908. The van der Waals surface area contributed by atoms with Crippen molar-refractivity contribution in [3.05, 3.63) is 76.5 Å². The van der Waals surface area contributed by atoms with Gasteiger partial charge < -0.3 is 10.1 Å². The number of benzene rings is 2. The van der Waals surface area contributed by atoms with Crippen molar-refractivity contribution < 1.29 is 9.53 Å². The lowest BCUT2D eigenvalue weighted by molar-refractivity contribution is 0.0925. The van der Waals surface area contributed by atoms with Gasteiger partial charge in [0.25, 0.3) is 5.91 Å². The van der Waals surface area contributed by atoms with Gasteiger partial charge in [0.2, 0.25) is 0 Å². The number of fused-ring (bicyclic) bond motifs is 1. The molecule has 0 bridgehead atoms. The van der Waals surface area contributed by atoms with Gasteiger partial charge in [-0.25, -0.2) is 4.68 Å². The van der Waals surface area contributed by atoms with Gasteiger partial charge >= 0.3 is 0 Å². The molecule has 1 unspecified atom stereocenters. The molecule has 3 aromatic rings. The van der Waals surface area contributed by atoms with E-state index in [1.807, 2.05) is 48.5 Å². The number of nitrogens with zero attached hydrogens (tertiary/aromatic N) is 2. The summed E-state index contributed by atoms with van der Waals surface area (Å²) >= 11 is 3.48. The SMILES string of the molecule is O=C(NC1CCOc2ccc(Br)cc21)c1cnn(-c2ccccc2)c1. The van der Waals surface area contributed by atoms with Crippen LogP contribution in [-0.2, 0) is 0 Å². The number of nitrogens with one attached hydrogen (secondary N) is 1. The first-order chi connectivity index (χ1) is 12.2. The molecule has 1 N–H and O–H groups in total. The zero-order valence-corrected chi connectivity index (χ0v) is 14.9. The van der Waals surface area contributed by atoms with E-state index in [2.05, 4.69) is 26.3 Å². The number of amides is 1. The van der Waals surface area contributed by atoms with E-state index in [0.717, 1.165) is 27.9 Å². The normalized spacial score (nSPS) is 16.0. The molecule has 1 aliphatic heterocycles. The van der Waals surface area contributed by atoms with Crippen LogP contribution in [0.15, 0.2) is 65.4 Å². The summed E-state index contributed by atoms with van der Waals surface area (Å²) in [5.74, 6) is 0.680. The van der Waals surface area contributed by atoms with Crippen molar-refractivity contribution in [1.82, 2.24) is 15.1 Å². The lowest BCUT2D eigenvalue weighted by Gasteiger charge is -2.26. The average molecular weight is 398 g/mol. The van der Waals surface area contributed by atoms with E-state index < -0.39 is 0 Å². The molecule has 0 radical (unpaired) electrons. The molecule has 0 aliphatic carbocycles. The highest BCUT2D eigenvalue weighted by Crippen LogP contribution is 2.34. The number of hydrogen-bond acceptors (Lipinski definition) is 3. The van der Waals surface area contributed by atoms with Gasteiger partial charge in [-0.3, -0.25) is 4.79 Å². The highest BCUT2D eigenvalue weighted by Gasteiger charge is 2.24. The lowest BCUT2D eigenvalue weighted by atomic mass is 10.0. The fourth-order valence-electron chi connectivity index (χ4n) is 2.92. The van der Waals surface area contributed by atoms with Gasteiger partial charge in [0.1, 0.15) is 5.75 Å². The van der Waals surface area contributed by atoms with Crippen LogP contribution < -0.4 is 10.1 Å². The van der Waals surface area contributed by atoms with E-state index in [-0.39, 0.29) is 11.9 Å². The molecule has 0 saturated carbocycles. The average Bonchev–Trinajstić information content (AvgIpc) is 3.13. The second-order valence-electron chi connectivity index (χ2n) is 5.85. The number of carbonyl (C=O) groups is 1. The fourth-order valence-corrected chi connectivity index (χ4v) is 3.30. The van der Waals surface area contributed by atoms with Gasteiger partial charge in [-0.05, 0) is 30.3 Å². The molecule has 6 heteroatoms. The zero-order valence-electron chi connectivity index (χ0n) is 13.4. The fraction of sp³-hybridized carbons (Fsp3) is 0.158. The first-order valence-electron chi connectivity index (χ1n) is 8.04. The minimum Gasteiger partial charge on any atom is -0.493 e. The first kappa shape index (κ1) is 15.9. The summed E-state index contributed by atoms with van der Waals surface area (Å²) in [7, 11) is 0. The largest absolute Gasteiger partial charge is 0.493 e. The monoisotopic (exact) mass is 397 g/mol. The van der Waals surface area contributed by atoms with Crippen LogP contribution >= 0.6 is 15.9 Å². The number of halogens is 1. The Balaban J connectivity index is 1.54. The maximum atomic E-state index is 12.6. The van der Waals surface area contributed by atoms with Gasteiger partial charge in [-0.1, -0.05) is 34.1 Å². The number of carbonyl (C=O) groups excluding carboxylic acids is 1. The molecule has 0 fully saturated rings. The van der Waals surface area contributed by atoms with Crippen molar-refractivity contribution in [2.24, 2.45) is 0 Å². The topological polar surface area (TPSA) is 56.1 Å². The zero-order chi connectivity index (χ0) is 17.2. The maximum Gasteiger partial charge on any atom is 0.254 e. The molecule has 1 atom stereocenters. The van der Waals surface area contributed by atoms with Crippen molar-refractivity contribution in [1.29, 1.82) is 0 Å². The summed E-state index contributed by atoms with van der Waals surface area (Å²) in [6, 6.07) is 15.5. The Morgan fingerprint density at radius 2 is 2.08 bits per heavy atom. The lowest BCUT2D eigenvalue weighted by Crippen LogP contribution is -2.32. The van der Waals surface area contributed by atoms with Crippen LogP contribution in [-0.4, -0.2) is 22.3 Å². The molecule has 4 rings (SSSR count). The van der Waals surface area contributed by atoms with Crippen LogP contribution in [0, 0.1) is 0 Å². The van der Waals surface area contributed by atoms with E-state index >= 15 is 0 Å². The van der Waals surface area contributed by atoms with Crippen molar-refractivity contribution in [3.8, 4) is 11.4 Å². The summed E-state index contributed by atoms with van der Waals surface area (Å²) in [5.41, 5.74) is 2.44. The quantitative estimate of drug-likeness (QED) is 0.729. The number of rotatable bonds is 3. The van der Waals surface area contributed by atoms with Gasteiger partial charge in [-0.15, -0.1) is 0 Å². The van der Waals surface area contributed by atoms with Crippen LogP contribution in [0.4, 0.5) is 0 Å². The molecule has 1 aromatic heterocycles. The van der Waals surface area contributed by atoms with Crippen molar-refractivity contribution in [2.75, 3.05) is 6.61 Å². The summed E-state index contributed by atoms with van der Waals surface area (Å²) in [6.45, 7) is 0.586. The highest BCUT2D eigenvalue weighted by molar-refractivity contribution is 9.10. The molecule has 126 valence electrons. The molecular formula is C19H16BrN3O2. The van der Waals surface area contributed by atoms with Crippen LogP contribution in [0.3, 0.4) is 0 Å². The van der Waals surface area contributed by atoms with Crippen LogP contribution in [0.2, 0.25) is 0 Å². The Morgan fingerprint density at radius 1 is 1.24 bits per heavy atom. The molecule has 5 nitrogen and oxygen atoms in total. The van der Waals surface area contributed by atoms with E-state index in [9.17, 15) is 4.79 Å². The van der Waals surface area contributed by atoms with Gasteiger partial charge in [0.15, 0.2) is 0 Å². The number of para-hydroxylation sites is 1. The standard InChI is InChI=1S/C19H16BrN3O2/c20-14-6-7-18-16(10-14)17(8-9-25-18)22-19(24)13-11-21-23(12-13)15-4-2-1-3-5-15/h1-7,10-12,17H,8-9H2,(H,22,24). The second kappa shape index (κ2) is 6.72. The Hall–Kier alpha value is -2.60. The minimum absolute atomic E-state index is 0.0752. The summed E-state index contributed by atoms with van der Waals surface area (Å²) in [6.07, 6.45) is 4.07. The second-order valence-corrected chi connectivity index (χ2v) is 6.77. The molecule has 25 heavy (non-hydrogen) atoms. The summed E-state index contributed by atoms with van der Waals surface area (Å²) in [5, 5.41) is 7.37. The van der Waals surface area contributed by atoms with E-state index in [0.29, 0.717) is 12.2 Å². The Kier molecular flexibility index (Phi) is 4.28. The Labute approximate surface area is 153 Å². The van der Waals surface area contributed by atoms with Crippen LogP contribution in [0.5, 0.6) is 5.75 Å². The third-order valence-corrected chi connectivity index (χ3v) is 4.68. The highest BCUT2D eigenvalue weighted by atomic mass is 79.9. The molecule has 0 spiro atoms. The molecule has 2 heterocycles. The predicted octanol–water partition coefficient (Wildman–Crippen LogP) is 3.89. The first-order valence-corrected chi connectivity index (χ1v) is 8.83. The third kappa shape index (κ3) is 3.30. The summed E-state index contributed by atoms with van der Waals surface area (Å²) < 4.78 is 8.33. The van der Waals surface area contributed by atoms with Crippen molar-refractivity contribution in [2.45, 2.75) is 12.5 Å². The molecule has 2 aromatic carbocycles. The van der Waals surface area contributed by atoms with Gasteiger partial charge in [0, 0.05) is 22.7 Å². The van der Waals surface area contributed by atoms with Gasteiger partial charge in [-0.2, -0.15) is 5.10 Å². The number of hydrogen-bond donors (Lipinski definition) is 1. The van der Waals surface area contributed by atoms with Crippen molar-refractivity contribution >= 4 is 21.8 Å². The maximum absolute atomic E-state index is 12.6. The third-order valence-electron chi connectivity index (χ3n) is 4.18. The molecule has 1 aliphatic rings. The van der Waals surface area contributed by atoms with Crippen LogP contribution in [0.1, 0.15) is 28.4 Å².